The van der Waals surface area contributed by atoms with Crippen LogP contribution < -0.4 is 5.32 Å². The third-order valence-corrected chi connectivity index (χ3v) is 3.70. The van der Waals surface area contributed by atoms with Gasteiger partial charge in [-0.3, -0.25) is 0 Å². The summed E-state index contributed by atoms with van der Waals surface area (Å²) in [6.45, 7) is 4.16. The Morgan fingerprint density at radius 1 is 1.50 bits per heavy atom. The van der Waals surface area contributed by atoms with E-state index in [0.717, 1.165) is 17.6 Å². The summed E-state index contributed by atoms with van der Waals surface area (Å²) < 4.78 is 5.68. The Labute approximate surface area is 107 Å². The molecule has 0 spiro atoms. The zero-order valence-electron chi connectivity index (χ0n) is 10.9. The number of benzene rings is 1. The first-order valence-corrected chi connectivity index (χ1v) is 6.54. The monoisotopic (exact) mass is 245 g/mol. The van der Waals surface area contributed by atoms with Gasteiger partial charge in [0.2, 0.25) is 0 Å². The van der Waals surface area contributed by atoms with Gasteiger partial charge in [-0.05, 0) is 51.1 Å². The first-order chi connectivity index (χ1) is 8.72. The molecule has 4 nitrogen and oxygen atoms in total. The minimum Gasteiger partial charge on any atom is -0.424 e. The van der Waals surface area contributed by atoms with Gasteiger partial charge in [0.05, 0.1) is 0 Å². The van der Waals surface area contributed by atoms with Crippen LogP contribution in [0, 0.1) is 6.92 Å². The van der Waals surface area contributed by atoms with Gasteiger partial charge in [-0.2, -0.15) is 4.98 Å². The first kappa shape index (κ1) is 11.5. The van der Waals surface area contributed by atoms with E-state index in [0.29, 0.717) is 12.1 Å². The fourth-order valence-electron chi connectivity index (χ4n) is 2.56. The molecule has 3 rings (SSSR count). The van der Waals surface area contributed by atoms with Crippen molar-refractivity contribution in [1.82, 2.24) is 9.88 Å². The van der Waals surface area contributed by atoms with Crippen LogP contribution in [0.1, 0.15) is 18.4 Å². The largest absolute Gasteiger partial charge is 0.424 e. The summed E-state index contributed by atoms with van der Waals surface area (Å²) >= 11 is 0. The highest BCUT2D eigenvalue weighted by molar-refractivity contribution is 5.75. The summed E-state index contributed by atoms with van der Waals surface area (Å²) in [5.41, 5.74) is 2.98. The third kappa shape index (κ3) is 2.20. The topological polar surface area (TPSA) is 41.3 Å². The summed E-state index contributed by atoms with van der Waals surface area (Å²) in [6, 6.07) is 7.30. The Kier molecular flexibility index (Phi) is 2.96. The number of rotatable bonds is 3. The lowest BCUT2D eigenvalue weighted by Crippen LogP contribution is -2.31. The van der Waals surface area contributed by atoms with E-state index in [-0.39, 0.29) is 0 Å². The SMILES string of the molecule is Cc1ccc2oc(NCC3CCCN3C)nc2c1. The average molecular weight is 245 g/mol. The summed E-state index contributed by atoms with van der Waals surface area (Å²) in [5.74, 6) is 0. The van der Waals surface area contributed by atoms with E-state index in [1.54, 1.807) is 0 Å². The van der Waals surface area contributed by atoms with Crippen molar-refractivity contribution in [3.63, 3.8) is 0 Å². The maximum Gasteiger partial charge on any atom is 0.295 e. The number of likely N-dealkylation sites (tertiary alicyclic amines) is 1. The quantitative estimate of drug-likeness (QED) is 0.902. The zero-order chi connectivity index (χ0) is 12.5. The summed E-state index contributed by atoms with van der Waals surface area (Å²) in [4.78, 5) is 6.85. The molecule has 96 valence electrons. The molecule has 1 atom stereocenters. The fourth-order valence-corrected chi connectivity index (χ4v) is 2.56. The normalized spacial score (nSPS) is 20.7. The van der Waals surface area contributed by atoms with Crippen molar-refractivity contribution in [3.8, 4) is 0 Å². The molecule has 1 aliphatic rings. The van der Waals surface area contributed by atoms with E-state index in [2.05, 4.69) is 29.2 Å². The molecule has 18 heavy (non-hydrogen) atoms. The number of hydrogen-bond donors (Lipinski definition) is 1. The van der Waals surface area contributed by atoms with E-state index in [1.165, 1.54) is 24.9 Å². The van der Waals surface area contributed by atoms with Crippen molar-refractivity contribution in [2.75, 3.05) is 25.5 Å². The number of aromatic nitrogens is 1. The Bertz CT molecular complexity index is 549. The Morgan fingerprint density at radius 3 is 3.17 bits per heavy atom. The maximum absolute atomic E-state index is 5.68. The molecule has 1 aromatic heterocycles. The second-order valence-electron chi connectivity index (χ2n) is 5.15. The van der Waals surface area contributed by atoms with Crippen molar-refractivity contribution in [3.05, 3.63) is 23.8 Å². The van der Waals surface area contributed by atoms with Gasteiger partial charge in [-0.1, -0.05) is 6.07 Å². The highest BCUT2D eigenvalue weighted by Gasteiger charge is 2.20. The van der Waals surface area contributed by atoms with Gasteiger partial charge >= 0.3 is 0 Å². The van der Waals surface area contributed by atoms with Crippen molar-refractivity contribution < 1.29 is 4.42 Å². The van der Waals surface area contributed by atoms with Gasteiger partial charge < -0.3 is 14.6 Å². The summed E-state index contributed by atoms with van der Waals surface area (Å²) in [6.07, 6.45) is 2.54. The Morgan fingerprint density at radius 2 is 2.39 bits per heavy atom. The van der Waals surface area contributed by atoms with E-state index in [1.807, 2.05) is 18.2 Å². The second kappa shape index (κ2) is 4.61. The lowest BCUT2D eigenvalue weighted by Gasteiger charge is -2.18. The molecular formula is C14H19N3O. The van der Waals surface area contributed by atoms with Crippen molar-refractivity contribution in [2.24, 2.45) is 0 Å². The number of aryl methyl sites for hydroxylation is 1. The Hall–Kier alpha value is -1.55. The predicted octanol–water partition coefficient (Wildman–Crippen LogP) is 2.64. The predicted molar refractivity (Wildman–Crippen MR) is 72.9 cm³/mol. The van der Waals surface area contributed by atoms with Gasteiger partial charge in [0.15, 0.2) is 5.58 Å². The van der Waals surface area contributed by atoms with Crippen molar-refractivity contribution in [2.45, 2.75) is 25.8 Å². The average Bonchev–Trinajstić information content (AvgIpc) is 2.92. The van der Waals surface area contributed by atoms with Crippen molar-refractivity contribution >= 4 is 17.1 Å². The molecule has 1 aromatic carbocycles. The number of oxazole rings is 1. The fraction of sp³-hybridized carbons (Fsp3) is 0.500. The maximum atomic E-state index is 5.68. The number of likely N-dealkylation sites (N-methyl/N-ethyl adjacent to an activating group) is 1. The molecule has 2 aromatic rings. The van der Waals surface area contributed by atoms with Crippen LogP contribution in [0.25, 0.3) is 11.1 Å². The molecule has 1 unspecified atom stereocenters. The van der Waals surface area contributed by atoms with Crippen LogP contribution in [0.2, 0.25) is 0 Å². The van der Waals surface area contributed by atoms with Crippen LogP contribution in [0.5, 0.6) is 0 Å². The van der Waals surface area contributed by atoms with Crippen LogP contribution in [0.4, 0.5) is 6.01 Å². The van der Waals surface area contributed by atoms with Crippen LogP contribution in [-0.4, -0.2) is 36.1 Å². The van der Waals surface area contributed by atoms with E-state index in [9.17, 15) is 0 Å². The van der Waals surface area contributed by atoms with Gasteiger partial charge in [-0.15, -0.1) is 0 Å². The second-order valence-corrected chi connectivity index (χ2v) is 5.15. The molecule has 2 heterocycles. The highest BCUT2D eigenvalue weighted by Crippen LogP contribution is 2.21. The van der Waals surface area contributed by atoms with E-state index < -0.39 is 0 Å². The molecule has 1 fully saturated rings. The smallest absolute Gasteiger partial charge is 0.295 e. The van der Waals surface area contributed by atoms with Crippen LogP contribution >= 0.6 is 0 Å². The standard InChI is InChI=1S/C14H19N3O/c1-10-5-6-13-12(8-10)16-14(18-13)15-9-11-4-3-7-17(11)2/h5-6,8,11H,3-4,7,9H2,1-2H3,(H,15,16). The lowest BCUT2D eigenvalue weighted by molar-refractivity contribution is 0.321. The minimum atomic E-state index is 0.599. The highest BCUT2D eigenvalue weighted by atomic mass is 16.4. The van der Waals surface area contributed by atoms with Crippen LogP contribution in [0.15, 0.2) is 22.6 Å². The molecular weight excluding hydrogens is 226 g/mol. The summed E-state index contributed by atoms with van der Waals surface area (Å²) in [5, 5.41) is 3.31. The van der Waals surface area contributed by atoms with Gasteiger partial charge in [0, 0.05) is 12.6 Å². The number of nitrogens with one attached hydrogen (secondary N) is 1. The molecule has 1 N–H and O–H groups in total. The minimum absolute atomic E-state index is 0.599. The number of fused-ring (bicyclic) bond motifs is 1. The summed E-state index contributed by atoms with van der Waals surface area (Å²) in [7, 11) is 2.18. The lowest BCUT2D eigenvalue weighted by atomic mass is 10.2. The number of hydrogen-bond acceptors (Lipinski definition) is 4. The molecule has 0 aliphatic carbocycles. The Balaban J connectivity index is 1.71. The number of nitrogens with zero attached hydrogens (tertiary/aromatic N) is 2. The van der Waals surface area contributed by atoms with Crippen molar-refractivity contribution in [1.29, 1.82) is 0 Å². The van der Waals surface area contributed by atoms with Crippen LogP contribution in [0.3, 0.4) is 0 Å². The number of anilines is 1. The van der Waals surface area contributed by atoms with E-state index in [4.69, 9.17) is 4.42 Å². The molecule has 0 amide bonds. The molecule has 0 bridgehead atoms. The van der Waals surface area contributed by atoms with Gasteiger partial charge in [0.25, 0.3) is 6.01 Å². The van der Waals surface area contributed by atoms with Gasteiger partial charge in [0.1, 0.15) is 5.52 Å². The molecule has 1 saturated heterocycles. The first-order valence-electron chi connectivity index (χ1n) is 6.54. The molecule has 4 heteroatoms. The van der Waals surface area contributed by atoms with E-state index >= 15 is 0 Å². The molecule has 1 aliphatic heterocycles. The molecule has 0 saturated carbocycles. The van der Waals surface area contributed by atoms with Gasteiger partial charge in [-0.25, -0.2) is 0 Å². The zero-order valence-corrected chi connectivity index (χ0v) is 10.9. The third-order valence-electron chi connectivity index (χ3n) is 3.70. The molecule has 0 radical (unpaired) electrons. The van der Waals surface area contributed by atoms with Crippen LogP contribution in [-0.2, 0) is 0 Å².